The van der Waals surface area contributed by atoms with Gasteiger partial charge in [-0.1, -0.05) is 6.07 Å². The minimum atomic E-state index is 0.0801. The maximum Gasteiger partial charge on any atom is 0.186 e. The Labute approximate surface area is 119 Å². The first-order chi connectivity index (χ1) is 9.15. The number of nitrogens with two attached hydrogens (primary N) is 2. The van der Waals surface area contributed by atoms with Crippen LogP contribution < -0.4 is 16.2 Å². The number of aliphatic imine (C=N–C) groups is 1. The summed E-state index contributed by atoms with van der Waals surface area (Å²) in [5.41, 5.74) is 11.6. The summed E-state index contributed by atoms with van der Waals surface area (Å²) in [6.45, 7) is 0.856. The molecule has 100 valence electrons. The number of halogens is 1. The number of hydrogen-bond acceptors (Lipinski definition) is 3. The smallest absolute Gasteiger partial charge is 0.186 e. The molecule has 0 spiro atoms. The Morgan fingerprint density at radius 1 is 1.42 bits per heavy atom. The maximum atomic E-state index is 5.65. The van der Waals surface area contributed by atoms with E-state index in [-0.39, 0.29) is 5.96 Å². The molecule has 19 heavy (non-hydrogen) atoms. The molecule has 7 heteroatoms. The predicted octanol–water partition coefficient (Wildman–Crippen LogP) is 1.46. The van der Waals surface area contributed by atoms with E-state index in [1.807, 2.05) is 29.0 Å². The highest BCUT2D eigenvalue weighted by Gasteiger charge is 2.03. The average molecular weight is 324 g/mol. The first kappa shape index (κ1) is 13.4. The van der Waals surface area contributed by atoms with Crippen LogP contribution >= 0.6 is 15.9 Å². The molecule has 0 fully saturated rings. The van der Waals surface area contributed by atoms with Crippen LogP contribution in [0.15, 0.2) is 46.4 Å². The fourth-order valence-electron chi connectivity index (χ4n) is 1.45. The number of aromatic nitrogens is 2. The molecule has 0 amide bonds. The SMILES string of the molecule is NC(N)=NCc1ccc(OCn2ccnc2)c(Br)c1. The zero-order valence-electron chi connectivity index (χ0n) is 10.2. The van der Waals surface area contributed by atoms with Crippen LogP contribution in [0.2, 0.25) is 0 Å². The van der Waals surface area contributed by atoms with Crippen molar-refractivity contribution in [1.29, 1.82) is 0 Å². The van der Waals surface area contributed by atoms with Gasteiger partial charge in [0.2, 0.25) is 0 Å². The Balaban J connectivity index is 2.00. The second-order valence-electron chi connectivity index (χ2n) is 3.86. The molecule has 4 N–H and O–H groups in total. The topological polar surface area (TPSA) is 91.5 Å². The standard InChI is InChI=1S/C12H14BrN5O/c13-10-5-9(6-17-12(14)15)1-2-11(10)19-8-18-4-3-16-7-18/h1-5,7H,6,8H2,(H4,14,15,17). The number of nitrogens with zero attached hydrogens (tertiary/aromatic N) is 3. The van der Waals surface area contributed by atoms with Gasteiger partial charge in [-0.3, -0.25) is 0 Å². The van der Waals surface area contributed by atoms with Crippen LogP contribution in [0.5, 0.6) is 5.75 Å². The number of rotatable bonds is 5. The lowest BCUT2D eigenvalue weighted by Crippen LogP contribution is -2.22. The van der Waals surface area contributed by atoms with E-state index < -0.39 is 0 Å². The quantitative estimate of drug-likeness (QED) is 0.643. The number of guanidine groups is 1. The van der Waals surface area contributed by atoms with Crippen LogP contribution in [-0.2, 0) is 13.3 Å². The van der Waals surface area contributed by atoms with Crippen molar-refractivity contribution in [1.82, 2.24) is 9.55 Å². The molecule has 0 aliphatic rings. The molecule has 0 radical (unpaired) electrons. The van der Waals surface area contributed by atoms with Crippen molar-refractivity contribution in [3.8, 4) is 5.75 Å². The zero-order chi connectivity index (χ0) is 13.7. The third-order valence-corrected chi connectivity index (χ3v) is 2.99. The normalized spacial score (nSPS) is 10.2. The molecule has 1 aromatic carbocycles. The van der Waals surface area contributed by atoms with Crippen molar-refractivity contribution >= 4 is 21.9 Å². The lowest BCUT2D eigenvalue weighted by molar-refractivity contribution is 0.235. The molecule has 0 bridgehead atoms. The molecule has 0 aliphatic carbocycles. The van der Waals surface area contributed by atoms with Crippen molar-refractivity contribution < 1.29 is 4.74 Å². The van der Waals surface area contributed by atoms with Crippen LogP contribution in [0.1, 0.15) is 5.56 Å². The van der Waals surface area contributed by atoms with Gasteiger partial charge in [0.1, 0.15) is 5.75 Å². The number of benzene rings is 1. The van der Waals surface area contributed by atoms with Gasteiger partial charge in [0, 0.05) is 12.4 Å². The van der Waals surface area contributed by atoms with Crippen LogP contribution in [0, 0.1) is 0 Å². The maximum absolute atomic E-state index is 5.65. The minimum Gasteiger partial charge on any atom is -0.472 e. The van der Waals surface area contributed by atoms with E-state index in [0.29, 0.717) is 13.3 Å². The van der Waals surface area contributed by atoms with E-state index in [1.54, 1.807) is 12.5 Å². The first-order valence-electron chi connectivity index (χ1n) is 5.57. The summed E-state index contributed by atoms with van der Waals surface area (Å²) in [7, 11) is 0. The molecule has 0 saturated carbocycles. The van der Waals surface area contributed by atoms with Crippen molar-refractivity contribution in [3.05, 3.63) is 47.0 Å². The number of hydrogen-bond donors (Lipinski definition) is 2. The molecule has 0 atom stereocenters. The molecule has 1 aromatic heterocycles. The third-order valence-electron chi connectivity index (χ3n) is 2.37. The van der Waals surface area contributed by atoms with Gasteiger partial charge in [0.15, 0.2) is 12.7 Å². The molecule has 2 rings (SSSR count). The zero-order valence-corrected chi connectivity index (χ0v) is 11.7. The highest BCUT2D eigenvalue weighted by Crippen LogP contribution is 2.26. The minimum absolute atomic E-state index is 0.0801. The van der Waals surface area contributed by atoms with Gasteiger partial charge >= 0.3 is 0 Å². The molecule has 6 nitrogen and oxygen atoms in total. The van der Waals surface area contributed by atoms with Crippen LogP contribution in [0.25, 0.3) is 0 Å². The Hall–Kier alpha value is -2.02. The Kier molecular flexibility index (Phi) is 4.40. The van der Waals surface area contributed by atoms with Gasteiger partial charge in [0.05, 0.1) is 17.3 Å². The summed E-state index contributed by atoms with van der Waals surface area (Å²) in [5.74, 6) is 0.832. The second kappa shape index (κ2) is 6.24. The lowest BCUT2D eigenvalue weighted by Gasteiger charge is -2.09. The molecule has 0 aliphatic heterocycles. The molecule has 0 unspecified atom stereocenters. The highest BCUT2D eigenvalue weighted by atomic mass is 79.9. The Morgan fingerprint density at radius 2 is 2.26 bits per heavy atom. The number of ether oxygens (including phenoxy) is 1. The molecule has 1 heterocycles. The average Bonchev–Trinajstić information content (AvgIpc) is 2.88. The molecule has 0 saturated heterocycles. The summed E-state index contributed by atoms with van der Waals surface area (Å²) in [5, 5.41) is 0. The lowest BCUT2D eigenvalue weighted by atomic mass is 10.2. The summed E-state index contributed by atoms with van der Waals surface area (Å²) >= 11 is 3.46. The van der Waals surface area contributed by atoms with Crippen molar-refractivity contribution in [2.24, 2.45) is 16.5 Å². The van der Waals surface area contributed by atoms with Gasteiger partial charge in [-0.25, -0.2) is 9.98 Å². The number of imidazole rings is 1. The van der Waals surface area contributed by atoms with E-state index in [9.17, 15) is 0 Å². The summed E-state index contributed by atoms with van der Waals surface area (Å²) in [6.07, 6.45) is 5.23. The Morgan fingerprint density at radius 3 is 2.89 bits per heavy atom. The molecular weight excluding hydrogens is 310 g/mol. The van der Waals surface area contributed by atoms with Gasteiger partial charge in [-0.15, -0.1) is 0 Å². The van der Waals surface area contributed by atoms with Crippen molar-refractivity contribution in [2.45, 2.75) is 13.3 Å². The van der Waals surface area contributed by atoms with Crippen LogP contribution in [0.4, 0.5) is 0 Å². The van der Waals surface area contributed by atoms with Gasteiger partial charge < -0.3 is 20.8 Å². The molecular formula is C12H14BrN5O. The fraction of sp³-hybridized carbons (Fsp3) is 0.167. The largest absolute Gasteiger partial charge is 0.472 e. The predicted molar refractivity (Wildman–Crippen MR) is 76.5 cm³/mol. The monoisotopic (exact) mass is 323 g/mol. The van der Waals surface area contributed by atoms with E-state index in [1.165, 1.54) is 0 Å². The fourth-order valence-corrected chi connectivity index (χ4v) is 1.99. The summed E-state index contributed by atoms with van der Waals surface area (Å²) in [6, 6.07) is 5.72. The van der Waals surface area contributed by atoms with E-state index in [4.69, 9.17) is 16.2 Å². The summed E-state index contributed by atoms with van der Waals surface area (Å²) < 4.78 is 8.34. The van der Waals surface area contributed by atoms with E-state index >= 15 is 0 Å². The van der Waals surface area contributed by atoms with Crippen LogP contribution in [-0.4, -0.2) is 15.5 Å². The van der Waals surface area contributed by atoms with Crippen LogP contribution in [0.3, 0.4) is 0 Å². The third kappa shape index (κ3) is 3.99. The van der Waals surface area contributed by atoms with Gasteiger partial charge in [0.25, 0.3) is 0 Å². The van der Waals surface area contributed by atoms with Crippen molar-refractivity contribution in [3.63, 3.8) is 0 Å². The Bertz CT molecular complexity index is 564. The van der Waals surface area contributed by atoms with Gasteiger partial charge in [-0.2, -0.15) is 0 Å². The van der Waals surface area contributed by atoms with Crippen molar-refractivity contribution in [2.75, 3.05) is 0 Å². The molecule has 2 aromatic rings. The van der Waals surface area contributed by atoms with E-state index in [0.717, 1.165) is 15.8 Å². The van der Waals surface area contributed by atoms with E-state index in [2.05, 4.69) is 25.9 Å². The first-order valence-corrected chi connectivity index (χ1v) is 6.37. The summed E-state index contributed by atoms with van der Waals surface area (Å²) in [4.78, 5) is 7.90. The van der Waals surface area contributed by atoms with Gasteiger partial charge in [-0.05, 0) is 33.6 Å². The second-order valence-corrected chi connectivity index (χ2v) is 4.71. The highest BCUT2D eigenvalue weighted by molar-refractivity contribution is 9.10.